The molecule has 0 aliphatic heterocycles. The molecule has 2 rings (SSSR count). The number of hydrogen-bond acceptors (Lipinski definition) is 3. The molecule has 1 heterocycles. The number of aryl methyl sites for hydroxylation is 1. The first-order valence-corrected chi connectivity index (χ1v) is 6.17. The third kappa shape index (κ3) is 3.41. The number of pyridine rings is 1. The zero-order valence-electron chi connectivity index (χ0n) is 11.3. The van der Waals surface area contributed by atoms with Gasteiger partial charge in [0.05, 0.1) is 5.56 Å². The van der Waals surface area contributed by atoms with Gasteiger partial charge in [-0.3, -0.25) is 14.6 Å². The van der Waals surface area contributed by atoms with Crippen LogP contribution in [0.3, 0.4) is 0 Å². The maximum atomic E-state index is 12.1. The SMILES string of the molecule is CC(=O)Nc1ccc(NC(=O)c2cccnc2C)cc1. The first-order valence-electron chi connectivity index (χ1n) is 6.17. The Morgan fingerprint density at radius 3 is 2.15 bits per heavy atom. The second kappa shape index (κ2) is 5.97. The van der Waals surface area contributed by atoms with Crippen LogP contribution in [-0.4, -0.2) is 16.8 Å². The summed E-state index contributed by atoms with van der Waals surface area (Å²) in [6, 6.07) is 10.4. The molecule has 0 aliphatic rings. The molecule has 2 N–H and O–H groups in total. The second-order valence-electron chi connectivity index (χ2n) is 4.35. The van der Waals surface area contributed by atoms with Crippen molar-refractivity contribution in [2.45, 2.75) is 13.8 Å². The normalized spacial score (nSPS) is 9.90. The number of hydrogen-bond donors (Lipinski definition) is 2. The molecule has 0 saturated heterocycles. The number of nitrogens with one attached hydrogen (secondary N) is 2. The number of anilines is 2. The molecule has 2 amide bonds. The van der Waals surface area contributed by atoms with Gasteiger partial charge in [-0.1, -0.05) is 0 Å². The molecular formula is C15H15N3O2. The van der Waals surface area contributed by atoms with Gasteiger partial charge < -0.3 is 10.6 Å². The topological polar surface area (TPSA) is 71.1 Å². The summed E-state index contributed by atoms with van der Waals surface area (Å²) in [6.45, 7) is 3.23. The van der Waals surface area contributed by atoms with Crippen molar-refractivity contribution in [2.75, 3.05) is 10.6 Å². The Labute approximate surface area is 117 Å². The Kier molecular flexibility index (Phi) is 4.10. The fourth-order valence-corrected chi connectivity index (χ4v) is 1.76. The Morgan fingerprint density at radius 2 is 1.60 bits per heavy atom. The van der Waals surface area contributed by atoms with Gasteiger partial charge in [0.15, 0.2) is 0 Å². The molecule has 1 aromatic heterocycles. The number of carbonyl (C=O) groups is 2. The van der Waals surface area contributed by atoms with Crippen LogP contribution in [0.2, 0.25) is 0 Å². The van der Waals surface area contributed by atoms with Gasteiger partial charge in [-0.25, -0.2) is 0 Å². The van der Waals surface area contributed by atoms with Crippen LogP contribution in [0, 0.1) is 6.92 Å². The smallest absolute Gasteiger partial charge is 0.257 e. The number of rotatable bonds is 3. The summed E-state index contributed by atoms with van der Waals surface area (Å²) in [5, 5.41) is 5.45. The van der Waals surface area contributed by atoms with Gasteiger partial charge in [-0.15, -0.1) is 0 Å². The summed E-state index contributed by atoms with van der Waals surface area (Å²) in [5.41, 5.74) is 2.57. The molecule has 5 nitrogen and oxygen atoms in total. The van der Waals surface area contributed by atoms with E-state index in [9.17, 15) is 9.59 Å². The number of nitrogens with zero attached hydrogens (tertiary/aromatic N) is 1. The summed E-state index contributed by atoms with van der Waals surface area (Å²) < 4.78 is 0. The summed E-state index contributed by atoms with van der Waals surface area (Å²) >= 11 is 0. The minimum absolute atomic E-state index is 0.132. The van der Waals surface area contributed by atoms with Crippen molar-refractivity contribution in [3.05, 3.63) is 53.9 Å². The van der Waals surface area contributed by atoms with Gasteiger partial charge >= 0.3 is 0 Å². The monoisotopic (exact) mass is 269 g/mol. The van der Waals surface area contributed by atoms with E-state index in [2.05, 4.69) is 15.6 Å². The number of carbonyl (C=O) groups excluding carboxylic acids is 2. The van der Waals surface area contributed by atoms with E-state index in [1.165, 1.54) is 6.92 Å². The van der Waals surface area contributed by atoms with Crippen LogP contribution in [0.25, 0.3) is 0 Å². The van der Waals surface area contributed by atoms with E-state index >= 15 is 0 Å². The number of aromatic nitrogens is 1. The molecule has 0 radical (unpaired) electrons. The van der Waals surface area contributed by atoms with Crippen LogP contribution >= 0.6 is 0 Å². The zero-order valence-corrected chi connectivity index (χ0v) is 11.3. The lowest BCUT2D eigenvalue weighted by Gasteiger charge is -2.08. The van der Waals surface area contributed by atoms with Gasteiger partial charge in [0, 0.05) is 30.2 Å². The second-order valence-corrected chi connectivity index (χ2v) is 4.35. The molecule has 0 saturated carbocycles. The molecule has 20 heavy (non-hydrogen) atoms. The van der Waals surface area contributed by atoms with Crippen molar-refractivity contribution >= 4 is 23.2 Å². The number of amides is 2. The molecule has 0 fully saturated rings. The van der Waals surface area contributed by atoms with Crippen LogP contribution in [0.4, 0.5) is 11.4 Å². The van der Waals surface area contributed by atoms with Crippen LogP contribution in [0.15, 0.2) is 42.6 Å². The van der Waals surface area contributed by atoms with Gasteiger partial charge in [0.2, 0.25) is 5.91 Å². The third-order valence-corrected chi connectivity index (χ3v) is 2.71. The molecule has 0 atom stereocenters. The summed E-state index contributed by atoms with van der Waals surface area (Å²) in [4.78, 5) is 27.1. The average molecular weight is 269 g/mol. The van der Waals surface area contributed by atoms with Crippen molar-refractivity contribution in [1.29, 1.82) is 0 Å². The molecule has 102 valence electrons. The fourth-order valence-electron chi connectivity index (χ4n) is 1.76. The average Bonchev–Trinajstić information content (AvgIpc) is 2.41. The lowest BCUT2D eigenvalue weighted by atomic mass is 10.2. The summed E-state index contributed by atoms with van der Waals surface area (Å²) in [6.07, 6.45) is 1.65. The van der Waals surface area contributed by atoms with Crippen LogP contribution in [0.1, 0.15) is 23.0 Å². The minimum Gasteiger partial charge on any atom is -0.326 e. The largest absolute Gasteiger partial charge is 0.326 e. The molecule has 1 aromatic carbocycles. The molecular weight excluding hydrogens is 254 g/mol. The Hall–Kier alpha value is -2.69. The minimum atomic E-state index is -0.206. The summed E-state index contributed by atoms with van der Waals surface area (Å²) in [7, 11) is 0. The Bertz CT molecular complexity index is 636. The maximum Gasteiger partial charge on any atom is 0.257 e. The lowest BCUT2D eigenvalue weighted by molar-refractivity contribution is -0.114. The summed E-state index contributed by atoms with van der Waals surface area (Å²) in [5.74, 6) is -0.337. The van der Waals surface area contributed by atoms with Crippen molar-refractivity contribution < 1.29 is 9.59 Å². The Morgan fingerprint density at radius 1 is 1.00 bits per heavy atom. The molecule has 0 aliphatic carbocycles. The highest BCUT2D eigenvalue weighted by Crippen LogP contribution is 2.15. The Balaban J connectivity index is 2.09. The standard InChI is InChI=1S/C15H15N3O2/c1-10-14(4-3-9-16-10)15(20)18-13-7-5-12(6-8-13)17-11(2)19/h3-9H,1-2H3,(H,17,19)(H,18,20). The number of benzene rings is 1. The first kappa shape index (κ1) is 13.7. The van der Waals surface area contributed by atoms with Crippen molar-refractivity contribution in [1.82, 2.24) is 4.98 Å². The van der Waals surface area contributed by atoms with Crippen molar-refractivity contribution in [2.24, 2.45) is 0 Å². The van der Waals surface area contributed by atoms with Gasteiger partial charge in [-0.05, 0) is 43.3 Å². The molecule has 0 unspecified atom stereocenters. The van der Waals surface area contributed by atoms with E-state index in [0.717, 1.165) is 0 Å². The quantitative estimate of drug-likeness (QED) is 0.899. The lowest BCUT2D eigenvalue weighted by Crippen LogP contribution is -2.14. The molecule has 0 spiro atoms. The van der Waals surface area contributed by atoms with E-state index in [4.69, 9.17) is 0 Å². The molecule has 2 aromatic rings. The van der Waals surface area contributed by atoms with Crippen LogP contribution in [0.5, 0.6) is 0 Å². The van der Waals surface area contributed by atoms with Gasteiger partial charge in [0.1, 0.15) is 0 Å². The van der Waals surface area contributed by atoms with Gasteiger partial charge in [-0.2, -0.15) is 0 Å². The van der Waals surface area contributed by atoms with Crippen molar-refractivity contribution in [3.8, 4) is 0 Å². The zero-order chi connectivity index (χ0) is 14.5. The highest BCUT2D eigenvalue weighted by molar-refractivity contribution is 6.05. The van der Waals surface area contributed by atoms with E-state index in [-0.39, 0.29) is 11.8 Å². The van der Waals surface area contributed by atoms with Gasteiger partial charge in [0.25, 0.3) is 5.91 Å². The molecule has 5 heteroatoms. The van der Waals surface area contributed by atoms with Crippen LogP contribution < -0.4 is 10.6 Å². The third-order valence-electron chi connectivity index (χ3n) is 2.71. The van der Waals surface area contributed by atoms with E-state index in [1.807, 2.05) is 0 Å². The van der Waals surface area contributed by atoms with Crippen LogP contribution in [-0.2, 0) is 4.79 Å². The van der Waals surface area contributed by atoms with E-state index in [0.29, 0.717) is 22.6 Å². The molecule has 0 bridgehead atoms. The van der Waals surface area contributed by atoms with E-state index < -0.39 is 0 Å². The predicted octanol–water partition coefficient (Wildman–Crippen LogP) is 2.60. The fraction of sp³-hybridized carbons (Fsp3) is 0.133. The predicted molar refractivity (Wildman–Crippen MR) is 77.7 cm³/mol. The highest BCUT2D eigenvalue weighted by atomic mass is 16.2. The first-order chi connectivity index (χ1) is 9.56. The maximum absolute atomic E-state index is 12.1. The van der Waals surface area contributed by atoms with E-state index in [1.54, 1.807) is 49.5 Å². The van der Waals surface area contributed by atoms with Crippen molar-refractivity contribution in [3.63, 3.8) is 0 Å². The highest BCUT2D eigenvalue weighted by Gasteiger charge is 2.09.